The molecule has 0 saturated carbocycles. The molecule has 1 atom stereocenters. The summed E-state index contributed by atoms with van der Waals surface area (Å²) in [5, 5.41) is 0.963. The van der Waals surface area contributed by atoms with E-state index in [9.17, 15) is 9.59 Å². The number of nitrogens with zero attached hydrogens (tertiary/aromatic N) is 2. The van der Waals surface area contributed by atoms with Crippen molar-refractivity contribution in [2.45, 2.75) is 25.9 Å². The van der Waals surface area contributed by atoms with Crippen LogP contribution in [0.15, 0.2) is 53.6 Å². The normalized spacial score (nSPS) is 16.3. The number of halogens is 2. The number of nitrogens with one attached hydrogen (secondary N) is 1. The quantitative estimate of drug-likeness (QED) is 0.683. The molecule has 7 heteroatoms. The maximum atomic E-state index is 13.2. The molecule has 0 fully saturated rings. The molecule has 3 heterocycles. The summed E-state index contributed by atoms with van der Waals surface area (Å²) in [4.78, 5) is 29.8. The second-order valence-electron chi connectivity index (χ2n) is 6.78. The number of hydrogen-bond donors (Lipinski definition) is 1. The van der Waals surface area contributed by atoms with Crippen LogP contribution in [0.2, 0.25) is 10.0 Å². The molecular formula is C20H17Cl2N3O2. The Kier molecular flexibility index (Phi) is 4.36. The Morgan fingerprint density at radius 2 is 1.74 bits per heavy atom. The van der Waals surface area contributed by atoms with Gasteiger partial charge in [-0.25, -0.2) is 0 Å². The first-order chi connectivity index (χ1) is 12.9. The Bertz CT molecular complexity index is 1080. The predicted molar refractivity (Wildman–Crippen MR) is 107 cm³/mol. The van der Waals surface area contributed by atoms with Crippen LogP contribution in [0, 0.1) is 0 Å². The van der Waals surface area contributed by atoms with Gasteiger partial charge in [-0.1, -0.05) is 35.3 Å². The topological polar surface area (TPSA) is 58.1 Å². The van der Waals surface area contributed by atoms with Crippen molar-refractivity contribution in [2.24, 2.45) is 0 Å². The molecular weight excluding hydrogens is 385 g/mol. The van der Waals surface area contributed by atoms with Crippen LogP contribution in [-0.2, 0) is 0 Å². The molecule has 1 unspecified atom stereocenters. The molecule has 0 aliphatic carbocycles. The van der Waals surface area contributed by atoms with Gasteiger partial charge in [0, 0.05) is 23.5 Å². The van der Waals surface area contributed by atoms with Crippen LogP contribution in [0.3, 0.4) is 0 Å². The third-order valence-electron chi connectivity index (χ3n) is 4.77. The van der Waals surface area contributed by atoms with Gasteiger partial charge in [0.15, 0.2) is 0 Å². The van der Waals surface area contributed by atoms with Crippen LogP contribution in [0.25, 0.3) is 0 Å². The van der Waals surface area contributed by atoms with Gasteiger partial charge in [-0.2, -0.15) is 0 Å². The average Bonchev–Trinajstić information content (AvgIpc) is 3.17. The highest BCUT2D eigenvalue weighted by molar-refractivity contribution is 6.31. The second kappa shape index (κ2) is 6.59. The third kappa shape index (κ3) is 2.87. The molecule has 5 nitrogen and oxygen atoms in total. The van der Waals surface area contributed by atoms with Crippen molar-refractivity contribution in [3.63, 3.8) is 0 Å². The Morgan fingerprint density at radius 3 is 2.41 bits per heavy atom. The molecule has 1 N–H and O–H groups in total. The summed E-state index contributed by atoms with van der Waals surface area (Å²) in [5.41, 5.74) is 2.16. The summed E-state index contributed by atoms with van der Waals surface area (Å²) < 4.78 is 2.06. The lowest BCUT2D eigenvalue weighted by molar-refractivity contribution is 0.0993. The molecule has 2 aromatic heterocycles. The lowest BCUT2D eigenvalue weighted by Gasteiger charge is -2.27. The van der Waals surface area contributed by atoms with E-state index in [1.54, 1.807) is 18.2 Å². The molecule has 0 saturated heterocycles. The number of benzene rings is 1. The van der Waals surface area contributed by atoms with Gasteiger partial charge in [-0.3, -0.25) is 14.5 Å². The zero-order chi connectivity index (χ0) is 19.3. The third-order valence-corrected chi connectivity index (χ3v) is 5.24. The second-order valence-corrected chi connectivity index (χ2v) is 7.65. The minimum absolute atomic E-state index is 0.161. The molecule has 1 aliphatic rings. The van der Waals surface area contributed by atoms with E-state index >= 15 is 0 Å². The largest absolute Gasteiger partial charge is 0.346 e. The maximum Gasteiger partial charge on any atom is 0.272 e. The monoisotopic (exact) mass is 401 g/mol. The fourth-order valence-electron chi connectivity index (χ4n) is 3.57. The first-order valence-corrected chi connectivity index (χ1v) is 9.32. The summed E-state index contributed by atoms with van der Waals surface area (Å²) in [6, 6.07) is 10.4. The van der Waals surface area contributed by atoms with E-state index in [1.165, 1.54) is 17.2 Å². The van der Waals surface area contributed by atoms with E-state index in [2.05, 4.69) is 23.4 Å². The lowest BCUT2D eigenvalue weighted by Crippen LogP contribution is -2.34. The van der Waals surface area contributed by atoms with E-state index in [0.29, 0.717) is 15.6 Å². The van der Waals surface area contributed by atoms with Crippen LogP contribution >= 0.6 is 23.2 Å². The van der Waals surface area contributed by atoms with Crippen LogP contribution in [-0.4, -0.2) is 15.5 Å². The van der Waals surface area contributed by atoms with Crippen molar-refractivity contribution in [2.75, 3.05) is 4.90 Å². The van der Waals surface area contributed by atoms with Crippen LogP contribution < -0.4 is 10.5 Å². The molecule has 3 aromatic rings. The number of hydrogen-bond acceptors (Lipinski definition) is 2. The SMILES string of the molecule is CC(C)n1ccc2c1C(c1ccc(Cl)cc1)N(c1cc(Cl)c[nH]c1=O)C2=O. The highest BCUT2D eigenvalue weighted by atomic mass is 35.5. The number of pyridine rings is 1. The number of anilines is 1. The number of H-pyrrole nitrogens is 1. The van der Waals surface area contributed by atoms with Gasteiger partial charge >= 0.3 is 0 Å². The molecule has 1 amide bonds. The number of carbonyl (C=O) groups excluding carboxylic acids is 1. The predicted octanol–water partition coefficient (Wildman–Crippen LogP) is 4.81. The maximum absolute atomic E-state index is 13.2. The van der Waals surface area contributed by atoms with Crippen molar-refractivity contribution in [3.8, 4) is 0 Å². The number of rotatable bonds is 3. The smallest absolute Gasteiger partial charge is 0.272 e. The van der Waals surface area contributed by atoms with Crippen LogP contribution in [0.4, 0.5) is 5.69 Å². The fourth-order valence-corrected chi connectivity index (χ4v) is 3.86. The molecule has 1 aliphatic heterocycles. The lowest BCUT2D eigenvalue weighted by atomic mass is 10.0. The number of amides is 1. The molecule has 27 heavy (non-hydrogen) atoms. The standard InChI is InChI=1S/C20H17Cl2N3O2/c1-11(2)24-8-7-15-18(24)17(12-3-5-13(21)6-4-12)25(20(15)27)16-9-14(22)10-23-19(16)26/h3-11,17H,1-2H3,(H,23,26). The van der Waals surface area contributed by atoms with Crippen LogP contribution in [0.1, 0.15) is 47.5 Å². The Hall–Kier alpha value is -2.50. The highest BCUT2D eigenvalue weighted by Gasteiger charge is 2.42. The van der Waals surface area contributed by atoms with Crippen molar-refractivity contribution in [1.29, 1.82) is 0 Å². The van der Waals surface area contributed by atoms with Crippen LogP contribution in [0.5, 0.6) is 0 Å². The number of aromatic amines is 1. The molecule has 138 valence electrons. The van der Waals surface area contributed by atoms with E-state index < -0.39 is 6.04 Å². The van der Waals surface area contributed by atoms with Crippen molar-refractivity contribution < 1.29 is 4.79 Å². The highest BCUT2D eigenvalue weighted by Crippen LogP contribution is 2.42. The summed E-state index contributed by atoms with van der Waals surface area (Å²) in [7, 11) is 0. The summed E-state index contributed by atoms with van der Waals surface area (Å²) in [6.07, 6.45) is 3.32. The Balaban J connectivity index is 1.97. The molecule has 0 bridgehead atoms. The van der Waals surface area contributed by atoms with Gasteiger partial charge in [0.25, 0.3) is 11.5 Å². The van der Waals surface area contributed by atoms with Crippen molar-refractivity contribution in [1.82, 2.24) is 9.55 Å². The zero-order valence-corrected chi connectivity index (χ0v) is 16.3. The Morgan fingerprint density at radius 1 is 1.04 bits per heavy atom. The first kappa shape index (κ1) is 17.9. The first-order valence-electron chi connectivity index (χ1n) is 8.56. The molecule has 4 rings (SSSR count). The van der Waals surface area contributed by atoms with E-state index in [1.807, 2.05) is 18.3 Å². The molecule has 0 radical (unpaired) electrons. The van der Waals surface area contributed by atoms with Gasteiger partial charge in [0.2, 0.25) is 0 Å². The minimum atomic E-state index is -0.443. The molecule has 0 spiro atoms. The average molecular weight is 402 g/mol. The van der Waals surface area contributed by atoms with Crippen molar-refractivity contribution >= 4 is 34.8 Å². The number of carbonyl (C=O) groups is 1. The summed E-state index contributed by atoms with van der Waals surface area (Å²) in [6.45, 7) is 4.11. The number of aromatic nitrogens is 2. The van der Waals surface area contributed by atoms with Gasteiger partial charge in [0.1, 0.15) is 11.7 Å². The van der Waals surface area contributed by atoms with Gasteiger partial charge in [-0.15, -0.1) is 0 Å². The minimum Gasteiger partial charge on any atom is -0.346 e. The van der Waals surface area contributed by atoms with E-state index in [4.69, 9.17) is 23.2 Å². The zero-order valence-electron chi connectivity index (χ0n) is 14.7. The molecule has 1 aromatic carbocycles. The van der Waals surface area contributed by atoms with Gasteiger partial charge < -0.3 is 9.55 Å². The summed E-state index contributed by atoms with van der Waals surface area (Å²) >= 11 is 12.1. The number of fused-ring (bicyclic) bond motifs is 1. The van der Waals surface area contributed by atoms with Gasteiger partial charge in [-0.05, 0) is 43.7 Å². The van der Waals surface area contributed by atoms with E-state index in [-0.39, 0.29) is 23.2 Å². The van der Waals surface area contributed by atoms with E-state index in [0.717, 1.165) is 11.3 Å². The van der Waals surface area contributed by atoms with Gasteiger partial charge in [0.05, 0.1) is 16.3 Å². The fraction of sp³-hybridized carbons (Fsp3) is 0.200. The van der Waals surface area contributed by atoms with Crippen molar-refractivity contribution in [3.05, 3.63) is 86.0 Å². The summed E-state index contributed by atoms with van der Waals surface area (Å²) in [5.74, 6) is -0.225. The Labute approximate surface area is 166 Å².